The molecule has 4 heteroatoms. The van der Waals surface area contributed by atoms with E-state index in [1.54, 1.807) is 24.3 Å². The van der Waals surface area contributed by atoms with E-state index >= 15 is 0 Å². The summed E-state index contributed by atoms with van der Waals surface area (Å²) in [5, 5.41) is 0. The van der Waals surface area contributed by atoms with E-state index in [1.165, 1.54) is 0 Å². The third-order valence-corrected chi connectivity index (χ3v) is 4.09. The number of esters is 1. The third kappa shape index (κ3) is 4.22. The van der Waals surface area contributed by atoms with Gasteiger partial charge >= 0.3 is 5.97 Å². The number of hydrogen-bond donors (Lipinski definition) is 0. The molecule has 3 rings (SSSR count). The van der Waals surface area contributed by atoms with Gasteiger partial charge in [-0.3, -0.25) is 4.79 Å². The van der Waals surface area contributed by atoms with Gasteiger partial charge < -0.3 is 9.47 Å². The lowest BCUT2D eigenvalue weighted by molar-refractivity contribution is -0.129. The Hall–Kier alpha value is -2.62. The average molecular weight is 324 g/mol. The third-order valence-electron chi connectivity index (χ3n) is 4.09. The van der Waals surface area contributed by atoms with E-state index in [4.69, 9.17) is 9.47 Å². The number of ketones is 1. The van der Waals surface area contributed by atoms with Gasteiger partial charge in [0.25, 0.3) is 0 Å². The van der Waals surface area contributed by atoms with Gasteiger partial charge in [0.15, 0.2) is 11.9 Å². The molecule has 1 fully saturated rings. The average Bonchev–Trinajstić information content (AvgIpc) is 2.63. The first kappa shape index (κ1) is 16.2. The zero-order valence-corrected chi connectivity index (χ0v) is 13.4. The second-order valence-electron chi connectivity index (χ2n) is 5.90. The van der Waals surface area contributed by atoms with Crippen molar-refractivity contribution in [3.8, 4) is 5.75 Å². The van der Waals surface area contributed by atoms with Crippen LogP contribution in [-0.2, 0) is 16.1 Å². The van der Waals surface area contributed by atoms with Gasteiger partial charge in [0.2, 0.25) is 0 Å². The summed E-state index contributed by atoms with van der Waals surface area (Å²) in [7, 11) is 0. The van der Waals surface area contributed by atoms with Crippen LogP contribution in [0.3, 0.4) is 0 Å². The number of Topliss-reactive ketones (excluding diaryl/α,β-unsaturated/α-hetero) is 1. The molecule has 1 aliphatic carbocycles. The lowest BCUT2D eigenvalue weighted by Crippen LogP contribution is -2.30. The van der Waals surface area contributed by atoms with Crippen LogP contribution in [-0.4, -0.2) is 17.9 Å². The smallest absolute Gasteiger partial charge is 0.338 e. The van der Waals surface area contributed by atoms with Crippen molar-refractivity contribution in [1.82, 2.24) is 0 Å². The van der Waals surface area contributed by atoms with Crippen molar-refractivity contribution < 1.29 is 19.1 Å². The summed E-state index contributed by atoms with van der Waals surface area (Å²) in [6.45, 7) is 0.473. The highest BCUT2D eigenvalue weighted by Crippen LogP contribution is 2.20. The molecule has 0 saturated heterocycles. The molecule has 0 heterocycles. The Bertz CT molecular complexity index is 691. The van der Waals surface area contributed by atoms with Crippen LogP contribution in [0.25, 0.3) is 0 Å². The topological polar surface area (TPSA) is 52.6 Å². The number of benzene rings is 2. The monoisotopic (exact) mass is 324 g/mol. The fourth-order valence-corrected chi connectivity index (χ4v) is 2.70. The molecule has 0 bridgehead atoms. The molecule has 0 amide bonds. The molecule has 2 aromatic rings. The van der Waals surface area contributed by atoms with Gasteiger partial charge in [-0.15, -0.1) is 0 Å². The van der Waals surface area contributed by atoms with Crippen molar-refractivity contribution >= 4 is 11.8 Å². The van der Waals surface area contributed by atoms with Gasteiger partial charge in [-0.25, -0.2) is 4.79 Å². The van der Waals surface area contributed by atoms with Crippen molar-refractivity contribution in [3.05, 3.63) is 65.7 Å². The van der Waals surface area contributed by atoms with Crippen LogP contribution in [0.5, 0.6) is 5.75 Å². The largest absolute Gasteiger partial charge is 0.489 e. The highest BCUT2D eigenvalue weighted by molar-refractivity contribution is 5.93. The molecule has 124 valence electrons. The van der Waals surface area contributed by atoms with Gasteiger partial charge in [-0.2, -0.15) is 0 Å². The van der Waals surface area contributed by atoms with Gasteiger partial charge in [-0.1, -0.05) is 30.3 Å². The number of hydrogen-bond acceptors (Lipinski definition) is 4. The van der Waals surface area contributed by atoms with Crippen molar-refractivity contribution in [2.24, 2.45) is 0 Å². The Morgan fingerprint density at radius 2 is 1.75 bits per heavy atom. The molecule has 1 saturated carbocycles. The maximum atomic E-state index is 12.1. The van der Waals surface area contributed by atoms with Gasteiger partial charge in [0.05, 0.1) is 5.56 Å². The number of ether oxygens (including phenoxy) is 2. The Kier molecular flexibility index (Phi) is 5.26. The molecular weight excluding hydrogens is 304 g/mol. The molecule has 4 nitrogen and oxygen atoms in total. The quantitative estimate of drug-likeness (QED) is 0.782. The van der Waals surface area contributed by atoms with Crippen molar-refractivity contribution in [1.29, 1.82) is 0 Å². The van der Waals surface area contributed by atoms with Crippen LogP contribution >= 0.6 is 0 Å². The molecule has 0 radical (unpaired) electrons. The zero-order chi connectivity index (χ0) is 16.8. The van der Waals surface area contributed by atoms with E-state index in [0.29, 0.717) is 30.8 Å². The van der Waals surface area contributed by atoms with E-state index in [0.717, 1.165) is 18.4 Å². The van der Waals surface area contributed by atoms with E-state index in [1.807, 2.05) is 30.3 Å². The number of rotatable bonds is 5. The number of carbonyl (C=O) groups excluding carboxylic acids is 2. The predicted molar refractivity (Wildman–Crippen MR) is 89.9 cm³/mol. The lowest BCUT2D eigenvalue weighted by atomic mass is 9.96. The van der Waals surface area contributed by atoms with Gasteiger partial charge in [0, 0.05) is 6.42 Å². The molecule has 24 heavy (non-hydrogen) atoms. The molecule has 1 aliphatic rings. The Balaban J connectivity index is 1.55. The molecule has 1 atom stereocenters. The molecule has 2 aromatic carbocycles. The minimum absolute atomic E-state index is 0.0254. The van der Waals surface area contributed by atoms with E-state index in [9.17, 15) is 9.59 Å². The normalized spacial score (nSPS) is 17.3. The highest BCUT2D eigenvalue weighted by Gasteiger charge is 2.26. The Morgan fingerprint density at radius 1 is 1.00 bits per heavy atom. The van der Waals surface area contributed by atoms with Gasteiger partial charge in [0.1, 0.15) is 12.4 Å². The van der Waals surface area contributed by atoms with Crippen molar-refractivity contribution in [2.45, 2.75) is 38.4 Å². The highest BCUT2D eigenvalue weighted by atomic mass is 16.5. The molecule has 0 aliphatic heterocycles. The van der Waals surface area contributed by atoms with Crippen LogP contribution in [0.4, 0.5) is 0 Å². The van der Waals surface area contributed by atoms with E-state index in [-0.39, 0.29) is 5.78 Å². The van der Waals surface area contributed by atoms with Crippen LogP contribution in [0.15, 0.2) is 54.6 Å². The summed E-state index contributed by atoms with van der Waals surface area (Å²) in [5.41, 5.74) is 1.51. The lowest BCUT2D eigenvalue weighted by Gasteiger charge is -2.20. The molecule has 0 N–H and O–H groups in total. The number of carbonyl (C=O) groups is 2. The van der Waals surface area contributed by atoms with Crippen LogP contribution in [0, 0.1) is 0 Å². The Labute approximate surface area is 141 Å². The molecule has 0 unspecified atom stereocenters. The zero-order valence-electron chi connectivity index (χ0n) is 13.4. The van der Waals surface area contributed by atoms with E-state index < -0.39 is 12.1 Å². The second-order valence-corrected chi connectivity index (χ2v) is 5.90. The molecule has 0 spiro atoms. The fourth-order valence-electron chi connectivity index (χ4n) is 2.70. The minimum Gasteiger partial charge on any atom is -0.489 e. The van der Waals surface area contributed by atoms with Crippen molar-refractivity contribution in [3.63, 3.8) is 0 Å². The standard InChI is InChI=1S/C20H20O4/c21-18-8-4-5-9-19(18)24-20(22)16-10-12-17(13-11-16)23-14-15-6-2-1-3-7-15/h1-3,6-7,10-13,19H,4-5,8-9,14H2/t19-/m0/s1. The summed E-state index contributed by atoms with van der Waals surface area (Å²) in [6.07, 6.45) is 2.36. The fraction of sp³-hybridized carbons (Fsp3) is 0.300. The summed E-state index contributed by atoms with van der Waals surface area (Å²) >= 11 is 0. The maximum Gasteiger partial charge on any atom is 0.338 e. The van der Waals surface area contributed by atoms with Gasteiger partial charge in [-0.05, 0) is 49.1 Å². The first-order valence-electron chi connectivity index (χ1n) is 8.23. The van der Waals surface area contributed by atoms with Crippen LogP contribution in [0.1, 0.15) is 41.6 Å². The molecule has 0 aromatic heterocycles. The Morgan fingerprint density at radius 3 is 2.46 bits per heavy atom. The summed E-state index contributed by atoms with van der Waals surface area (Å²) in [6, 6.07) is 16.7. The second kappa shape index (κ2) is 7.77. The first-order valence-corrected chi connectivity index (χ1v) is 8.23. The molecular formula is C20H20O4. The predicted octanol–water partition coefficient (Wildman–Crippen LogP) is 3.93. The van der Waals surface area contributed by atoms with Crippen molar-refractivity contribution in [2.75, 3.05) is 0 Å². The SMILES string of the molecule is O=C(O[C@H]1CCCCC1=O)c1ccc(OCc2ccccc2)cc1. The summed E-state index contributed by atoms with van der Waals surface area (Å²) in [4.78, 5) is 23.9. The summed E-state index contributed by atoms with van der Waals surface area (Å²) in [5.74, 6) is 0.256. The maximum absolute atomic E-state index is 12.1. The van der Waals surface area contributed by atoms with Crippen LogP contribution < -0.4 is 4.74 Å². The first-order chi connectivity index (χ1) is 11.7. The minimum atomic E-state index is -0.583. The van der Waals surface area contributed by atoms with Crippen LogP contribution in [0.2, 0.25) is 0 Å². The van der Waals surface area contributed by atoms with E-state index in [2.05, 4.69) is 0 Å². The summed E-state index contributed by atoms with van der Waals surface area (Å²) < 4.78 is 11.0.